The van der Waals surface area contributed by atoms with Gasteiger partial charge in [0.05, 0.1) is 48.8 Å². The van der Waals surface area contributed by atoms with Crippen molar-refractivity contribution < 1.29 is 19.1 Å². The summed E-state index contributed by atoms with van der Waals surface area (Å²) in [5.74, 6) is -1.94. The van der Waals surface area contributed by atoms with Crippen molar-refractivity contribution in [1.82, 2.24) is 9.97 Å². The molecule has 6 nitrogen and oxygen atoms in total. The van der Waals surface area contributed by atoms with E-state index in [0.717, 1.165) is 22.8 Å². The Balaban J connectivity index is 2.41. The Morgan fingerprint density at radius 1 is 0.900 bits per heavy atom. The Labute approximate surface area is 117 Å². The third-order valence-electron chi connectivity index (χ3n) is 3.78. The van der Waals surface area contributed by atoms with Crippen LogP contribution in [0.25, 0.3) is 0 Å². The average Bonchev–Trinajstić information content (AvgIpc) is 2.45. The molecule has 0 spiro atoms. The number of aromatic nitrogens is 2. The van der Waals surface area contributed by atoms with Crippen LogP contribution in [-0.4, -0.2) is 36.1 Å². The predicted octanol–water partition coefficient (Wildman–Crippen LogP) is 0.770. The minimum absolute atomic E-state index is 0.357. The first-order valence-corrected chi connectivity index (χ1v) is 6.46. The number of aryl methyl sites for hydroxylation is 2. The van der Waals surface area contributed by atoms with E-state index in [1.54, 1.807) is 0 Å². The molecule has 0 amide bonds. The molecule has 6 heteroatoms. The zero-order chi connectivity index (χ0) is 14.9. The fourth-order valence-electron chi connectivity index (χ4n) is 2.52. The van der Waals surface area contributed by atoms with Gasteiger partial charge in [-0.15, -0.1) is 0 Å². The van der Waals surface area contributed by atoms with Crippen LogP contribution in [0.15, 0.2) is 0 Å². The summed E-state index contributed by atoms with van der Waals surface area (Å²) in [5.41, 5.74) is 3.21. The molecule has 0 bridgehead atoms. The quantitative estimate of drug-likeness (QED) is 0.744. The van der Waals surface area contributed by atoms with E-state index < -0.39 is 23.8 Å². The van der Waals surface area contributed by atoms with Crippen molar-refractivity contribution in [2.75, 3.05) is 14.2 Å². The van der Waals surface area contributed by atoms with Gasteiger partial charge in [0.15, 0.2) is 0 Å². The second kappa shape index (κ2) is 5.56. The molecule has 0 aromatic carbocycles. The van der Waals surface area contributed by atoms with Gasteiger partial charge in [-0.05, 0) is 13.8 Å². The van der Waals surface area contributed by atoms with Gasteiger partial charge in [0.1, 0.15) is 0 Å². The Hall–Kier alpha value is -1.98. The van der Waals surface area contributed by atoms with Gasteiger partial charge in [0.25, 0.3) is 0 Å². The van der Waals surface area contributed by atoms with Crippen LogP contribution in [0.1, 0.15) is 22.8 Å². The Bertz CT molecular complexity index is 507. The molecule has 0 saturated heterocycles. The van der Waals surface area contributed by atoms with Crippen molar-refractivity contribution >= 4 is 11.9 Å². The van der Waals surface area contributed by atoms with Gasteiger partial charge in [-0.25, -0.2) is 0 Å². The van der Waals surface area contributed by atoms with Crippen LogP contribution in [0, 0.1) is 25.7 Å². The SMILES string of the molecule is COC(=O)[C@@H]1Cc2nc(C)c(C)nc2C[C@H]1C(=O)OC. The second-order valence-electron chi connectivity index (χ2n) is 4.96. The van der Waals surface area contributed by atoms with Crippen LogP contribution in [0.4, 0.5) is 0 Å². The molecular formula is C14H18N2O4. The number of rotatable bonds is 2. The standard InChI is InChI=1S/C14H18N2O4/c1-7-8(2)16-12-6-10(14(18)20-4)9(13(17)19-3)5-11(12)15-7/h9-10H,5-6H2,1-4H3/t9-,10-/m1/s1. The summed E-state index contributed by atoms with van der Waals surface area (Å²) in [4.78, 5) is 32.7. The molecule has 20 heavy (non-hydrogen) atoms. The van der Waals surface area contributed by atoms with Crippen LogP contribution < -0.4 is 0 Å². The lowest BCUT2D eigenvalue weighted by atomic mass is 9.79. The molecule has 108 valence electrons. The molecule has 1 aromatic rings. The highest BCUT2D eigenvalue weighted by Crippen LogP contribution is 2.30. The van der Waals surface area contributed by atoms with E-state index in [1.165, 1.54) is 14.2 Å². The molecule has 1 aliphatic rings. The summed E-state index contributed by atoms with van der Waals surface area (Å²) in [6, 6.07) is 0. The van der Waals surface area contributed by atoms with E-state index in [1.807, 2.05) is 13.8 Å². The molecule has 1 aromatic heterocycles. The minimum Gasteiger partial charge on any atom is -0.469 e. The summed E-state index contributed by atoms with van der Waals surface area (Å²) >= 11 is 0. The van der Waals surface area contributed by atoms with Gasteiger partial charge in [0.2, 0.25) is 0 Å². The molecule has 1 heterocycles. The van der Waals surface area contributed by atoms with Crippen LogP contribution in [0.2, 0.25) is 0 Å². The van der Waals surface area contributed by atoms with Gasteiger partial charge in [0, 0.05) is 12.8 Å². The van der Waals surface area contributed by atoms with Crippen molar-refractivity contribution in [2.24, 2.45) is 11.8 Å². The van der Waals surface area contributed by atoms with Crippen molar-refractivity contribution in [3.63, 3.8) is 0 Å². The van der Waals surface area contributed by atoms with Gasteiger partial charge >= 0.3 is 11.9 Å². The first-order chi connectivity index (χ1) is 9.47. The van der Waals surface area contributed by atoms with Crippen molar-refractivity contribution in [3.8, 4) is 0 Å². The molecule has 0 fully saturated rings. The minimum atomic E-state index is -0.559. The Morgan fingerprint density at radius 3 is 1.55 bits per heavy atom. The normalized spacial score (nSPS) is 21.0. The van der Waals surface area contributed by atoms with Gasteiger partial charge in [-0.1, -0.05) is 0 Å². The highest BCUT2D eigenvalue weighted by atomic mass is 16.5. The molecule has 0 saturated carbocycles. The number of fused-ring (bicyclic) bond motifs is 1. The van der Waals surface area contributed by atoms with Gasteiger partial charge in [-0.2, -0.15) is 0 Å². The maximum Gasteiger partial charge on any atom is 0.309 e. The van der Waals surface area contributed by atoms with Crippen LogP contribution >= 0.6 is 0 Å². The Kier molecular flexibility index (Phi) is 4.01. The molecule has 0 unspecified atom stereocenters. The number of hydrogen-bond donors (Lipinski definition) is 0. The van der Waals surface area contributed by atoms with E-state index in [4.69, 9.17) is 9.47 Å². The molecular weight excluding hydrogens is 260 g/mol. The summed E-state index contributed by atoms with van der Waals surface area (Å²) in [5, 5.41) is 0. The maximum atomic E-state index is 11.9. The first-order valence-electron chi connectivity index (χ1n) is 6.46. The third-order valence-corrected chi connectivity index (χ3v) is 3.78. The summed E-state index contributed by atoms with van der Waals surface area (Å²) in [7, 11) is 2.64. The summed E-state index contributed by atoms with van der Waals surface area (Å²) < 4.78 is 9.58. The number of esters is 2. The average molecular weight is 278 g/mol. The number of methoxy groups -OCH3 is 2. The van der Waals surface area contributed by atoms with Crippen LogP contribution in [0.3, 0.4) is 0 Å². The summed E-state index contributed by atoms with van der Waals surface area (Å²) in [6.07, 6.45) is 0.714. The van der Waals surface area contributed by atoms with E-state index in [2.05, 4.69) is 9.97 Å². The molecule has 2 rings (SSSR count). The van der Waals surface area contributed by atoms with E-state index in [9.17, 15) is 9.59 Å². The number of ether oxygens (including phenoxy) is 2. The number of hydrogen-bond acceptors (Lipinski definition) is 6. The van der Waals surface area contributed by atoms with Crippen molar-refractivity contribution in [1.29, 1.82) is 0 Å². The van der Waals surface area contributed by atoms with Gasteiger partial charge < -0.3 is 9.47 Å². The molecule has 0 aliphatic heterocycles. The highest BCUT2D eigenvalue weighted by molar-refractivity contribution is 5.83. The largest absolute Gasteiger partial charge is 0.469 e. The monoisotopic (exact) mass is 278 g/mol. The number of carbonyl (C=O) groups excluding carboxylic acids is 2. The van der Waals surface area contributed by atoms with Crippen LogP contribution in [-0.2, 0) is 31.9 Å². The number of carbonyl (C=O) groups is 2. The predicted molar refractivity (Wildman–Crippen MR) is 69.9 cm³/mol. The molecule has 2 atom stereocenters. The fraction of sp³-hybridized carbons (Fsp3) is 0.571. The molecule has 1 aliphatic carbocycles. The smallest absolute Gasteiger partial charge is 0.309 e. The number of nitrogens with zero attached hydrogens (tertiary/aromatic N) is 2. The van der Waals surface area contributed by atoms with Crippen molar-refractivity contribution in [3.05, 3.63) is 22.8 Å². The third kappa shape index (κ3) is 2.50. The molecule has 0 N–H and O–H groups in total. The van der Waals surface area contributed by atoms with Crippen LogP contribution in [0.5, 0.6) is 0 Å². The highest BCUT2D eigenvalue weighted by Gasteiger charge is 2.40. The lowest BCUT2D eigenvalue weighted by Crippen LogP contribution is -2.39. The molecule has 0 radical (unpaired) electrons. The zero-order valence-corrected chi connectivity index (χ0v) is 12.1. The maximum absolute atomic E-state index is 11.9. The second-order valence-corrected chi connectivity index (χ2v) is 4.96. The van der Waals surface area contributed by atoms with E-state index >= 15 is 0 Å². The topological polar surface area (TPSA) is 78.4 Å². The lowest BCUT2D eigenvalue weighted by molar-refractivity contribution is -0.158. The zero-order valence-electron chi connectivity index (χ0n) is 12.1. The fourth-order valence-corrected chi connectivity index (χ4v) is 2.52. The van der Waals surface area contributed by atoms with E-state index in [0.29, 0.717) is 12.8 Å². The summed E-state index contributed by atoms with van der Waals surface area (Å²) in [6.45, 7) is 3.75. The Morgan fingerprint density at radius 2 is 1.25 bits per heavy atom. The van der Waals surface area contributed by atoms with E-state index in [-0.39, 0.29) is 0 Å². The van der Waals surface area contributed by atoms with Gasteiger partial charge in [-0.3, -0.25) is 19.6 Å². The van der Waals surface area contributed by atoms with Crippen molar-refractivity contribution in [2.45, 2.75) is 26.7 Å². The lowest BCUT2D eigenvalue weighted by Gasteiger charge is -2.28. The first kappa shape index (κ1) is 14.4.